The highest BCUT2D eigenvalue weighted by molar-refractivity contribution is 6.39. The van der Waals surface area contributed by atoms with Gasteiger partial charge in [-0.2, -0.15) is 0 Å². The van der Waals surface area contributed by atoms with Gasteiger partial charge < -0.3 is 10.6 Å². The van der Waals surface area contributed by atoms with E-state index in [0.717, 1.165) is 31.3 Å². The summed E-state index contributed by atoms with van der Waals surface area (Å²) in [4.78, 5) is 24.4. The van der Waals surface area contributed by atoms with Gasteiger partial charge in [0.05, 0.1) is 18.3 Å². The van der Waals surface area contributed by atoms with E-state index < -0.39 is 11.8 Å². The molecule has 7 heteroatoms. The predicted octanol–water partition coefficient (Wildman–Crippen LogP) is 1.66. The van der Waals surface area contributed by atoms with E-state index in [1.54, 1.807) is 4.68 Å². The van der Waals surface area contributed by atoms with Crippen LogP contribution in [0.1, 0.15) is 45.6 Å². The lowest BCUT2D eigenvalue weighted by Crippen LogP contribution is -2.58. The first-order chi connectivity index (χ1) is 11.4. The van der Waals surface area contributed by atoms with E-state index in [9.17, 15) is 9.59 Å². The zero-order chi connectivity index (χ0) is 17.1. The molecule has 2 amide bonds. The molecule has 4 fully saturated rings. The molecule has 2 N–H and O–H groups in total. The maximum Gasteiger partial charge on any atom is 0.314 e. The Balaban J connectivity index is 1.37. The van der Waals surface area contributed by atoms with Crippen LogP contribution in [0.15, 0.2) is 18.3 Å². The molecule has 1 aromatic rings. The van der Waals surface area contributed by atoms with E-state index >= 15 is 0 Å². The number of aromatic nitrogens is 3. The molecule has 1 unspecified atom stereocenters. The van der Waals surface area contributed by atoms with Gasteiger partial charge >= 0.3 is 11.8 Å². The van der Waals surface area contributed by atoms with Crippen molar-refractivity contribution in [3.63, 3.8) is 0 Å². The fraction of sp³-hybridized carbons (Fsp3) is 0.647. The van der Waals surface area contributed by atoms with Crippen molar-refractivity contribution in [2.75, 3.05) is 5.32 Å². The van der Waals surface area contributed by atoms with E-state index in [2.05, 4.69) is 41.4 Å². The van der Waals surface area contributed by atoms with Crippen molar-refractivity contribution in [3.8, 4) is 0 Å². The minimum atomic E-state index is -0.675. The van der Waals surface area contributed by atoms with Gasteiger partial charge in [0.25, 0.3) is 0 Å². The molecule has 2 bridgehead atoms. The van der Waals surface area contributed by atoms with E-state index in [0.29, 0.717) is 23.7 Å². The Bertz CT molecular complexity index is 718. The minimum absolute atomic E-state index is 0.105. The summed E-state index contributed by atoms with van der Waals surface area (Å²) in [6, 6.07) is 0.185. The molecule has 4 aliphatic carbocycles. The molecule has 0 aliphatic heterocycles. The first kappa shape index (κ1) is 15.4. The van der Waals surface area contributed by atoms with Crippen LogP contribution in [0, 0.1) is 17.3 Å². The largest absolute Gasteiger partial charge is 0.341 e. The smallest absolute Gasteiger partial charge is 0.314 e. The van der Waals surface area contributed by atoms with Crippen molar-refractivity contribution >= 4 is 17.6 Å². The molecule has 0 radical (unpaired) electrons. The van der Waals surface area contributed by atoms with Crippen LogP contribution in [0.25, 0.3) is 0 Å². The summed E-state index contributed by atoms with van der Waals surface area (Å²) in [5, 5.41) is 13.2. The van der Waals surface area contributed by atoms with E-state index in [-0.39, 0.29) is 11.5 Å². The molecule has 0 spiro atoms. The minimum Gasteiger partial charge on any atom is -0.341 e. The molecule has 0 saturated heterocycles. The summed E-state index contributed by atoms with van der Waals surface area (Å²) in [5.74, 6) is 0.199. The van der Waals surface area contributed by atoms with Crippen molar-refractivity contribution in [1.82, 2.24) is 20.3 Å². The zero-order valence-electron chi connectivity index (χ0n) is 14.1. The average molecular weight is 329 g/mol. The number of anilines is 1. The highest BCUT2D eigenvalue weighted by Gasteiger charge is 2.55. The zero-order valence-corrected chi connectivity index (χ0v) is 14.1. The van der Waals surface area contributed by atoms with Crippen LogP contribution < -0.4 is 10.6 Å². The number of carbonyl (C=O) groups excluding carboxylic acids is 2. The second-order valence-electron chi connectivity index (χ2n) is 7.89. The summed E-state index contributed by atoms with van der Waals surface area (Å²) in [6.45, 7) is 8.69. The number of hydrogen-bond donors (Lipinski definition) is 2. The molecule has 4 saturated carbocycles. The molecule has 24 heavy (non-hydrogen) atoms. The van der Waals surface area contributed by atoms with Crippen molar-refractivity contribution in [2.24, 2.45) is 17.3 Å². The maximum absolute atomic E-state index is 12.2. The van der Waals surface area contributed by atoms with Crippen molar-refractivity contribution in [3.05, 3.63) is 18.3 Å². The third kappa shape index (κ3) is 2.34. The fourth-order valence-corrected chi connectivity index (χ4v) is 4.19. The summed E-state index contributed by atoms with van der Waals surface area (Å²) < 4.78 is 1.67. The van der Waals surface area contributed by atoms with Crippen molar-refractivity contribution in [1.29, 1.82) is 0 Å². The highest BCUT2D eigenvalue weighted by Crippen LogP contribution is 2.60. The standard InChI is InChI=1S/C17H23N5O2/c1-9-12-6-10(17(12,2)3)7-13(9)19-15(23)16(24)20-14-8-18-21-22(14)11-4-5-11/h8,10-13H,1,4-7H2,2-3H3,(H,19,23)(H,20,24)/t10-,12+,13?/m1/s1. The van der Waals surface area contributed by atoms with Gasteiger partial charge in [-0.3, -0.25) is 9.59 Å². The third-order valence-electron chi connectivity index (χ3n) is 6.11. The summed E-state index contributed by atoms with van der Waals surface area (Å²) >= 11 is 0. The first-order valence-electron chi connectivity index (χ1n) is 8.58. The molecule has 1 aromatic heterocycles. The quantitative estimate of drug-likeness (QED) is 0.652. The van der Waals surface area contributed by atoms with Gasteiger partial charge in [-0.05, 0) is 42.9 Å². The lowest BCUT2D eigenvalue weighted by molar-refractivity contribution is -0.137. The number of rotatable bonds is 3. The number of nitrogens with one attached hydrogen (secondary N) is 2. The second kappa shape index (κ2) is 5.16. The molecule has 128 valence electrons. The molecule has 4 aliphatic rings. The summed E-state index contributed by atoms with van der Waals surface area (Å²) in [6.07, 6.45) is 5.54. The van der Waals surface area contributed by atoms with Crippen molar-refractivity contribution < 1.29 is 9.59 Å². The third-order valence-corrected chi connectivity index (χ3v) is 6.11. The Morgan fingerprint density at radius 2 is 2.04 bits per heavy atom. The highest BCUT2D eigenvalue weighted by atomic mass is 16.2. The second-order valence-corrected chi connectivity index (χ2v) is 7.89. The van der Waals surface area contributed by atoms with Crippen LogP contribution >= 0.6 is 0 Å². The molecule has 1 heterocycles. The normalized spacial score (nSPS) is 30.4. The lowest BCUT2D eigenvalue weighted by atomic mass is 9.46. The number of hydrogen-bond acceptors (Lipinski definition) is 4. The SMILES string of the molecule is C=C1C(NC(=O)C(=O)Nc2cnnn2C2CC2)C[C@H]2C[C@@H]1C2(C)C. The Morgan fingerprint density at radius 1 is 1.29 bits per heavy atom. The van der Waals surface area contributed by atoms with Gasteiger partial charge in [0.2, 0.25) is 0 Å². The van der Waals surface area contributed by atoms with E-state index in [1.807, 2.05) is 0 Å². The molecule has 7 nitrogen and oxygen atoms in total. The summed E-state index contributed by atoms with van der Waals surface area (Å²) in [5.41, 5.74) is 1.32. The lowest BCUT2D eigenvalue weighted by Gasteiger charge is -2.59. The number of carbonyl (C=O) groups is 2. The molecule has 0 aromatic carbocycles. The topological polar surface area (TPSA) is 88.9 Å². The van der Waals surface area contributed by atoms with Gasteiger partial charge in [-0.25, -0.2) is 4.68 Å². The monoisotopic (exact) mass is 329 g/mol. The van der Waals surface area contributed by atoms with Crippen LogP contribution in [0.5, 0.6) is 0 Å². The number of nitrogens with zero attached hydrogens (tertiary/aromatic N) is 3. The van der Waals surface area contributed by atoms with Crippen molar-refractivity contribution in [2.45, 2.75) is 51.6 Å². The first-order valence-corrected chi connectivity index (χ1v) is 8.58. The fourth-order valence-electron chi connectivity index (χ4n) is 4.19. The van der Waals surface area contributed by atoms with E-state index in [1.165, 1.54) is 6.20 Å². The Hall–Kier alpha value is -2.18. The Kier molecular flexibility index (Phi) is 3.30. The van der Waals surface area contributed by atoms with Crippen LogP contribution in [0.2, 0.25) is 0 Å². The van der Waals surface area contributed by atoms with Gasteiger partial charge in [0.1, 0.15) is 0 Å². The van der Waals surface area contributed by atoms with Gasteiger partial charge in [0, 0.05) is 0 Å². The van der Waals surface area contributed by atoms with E-state index in [4.69, 9.17) is 0 Å². The van der Waals surface area contributed by atoms with Gasteiger partial charge in [-0.1, -0.05) is 31.2 Å². The predicted molar refractivity (Wildman–Crippen MR) is 88.0 cm³/mol. The van der Waals surface area contributed by atoms with Crippen LogP contribution in [0.3, 0.4) is 0 Å². The van der Waals surface area contributed by atoms with Crippen LogP contribution in [-0.4, -0.2) is 32.9 Å². The number of fused-ring (bicyclic) bond motifs is 2. The van der Waals surface area contributed by atoms with Gasteiger partial charge in [-0.15, -0.1) is 5.10 Å². The Morgan fingerprint density at radius 3 is 2.67 bits per heavy atom. The number of amides is 2. The molecular weight excluding hydrogens is 306 g/mol. The van der Waals surface area contributed by atoms with Crippen LogP contribution in [-0.2, 0) is 9.59 Å². The van der Waals surface area contributed by atoms with Gasteiger partial charge in [0.15, 0.2) is 5.82 Å². The maximum atomic E-state index is 12.2. The van der Waals surface area contributed by atoms with Crippen LogP contribution in [0.4, 0.5) is 5.82 Å². The molecular formula is C17H23N5O2. The molecule has 3 atom stereocenters. The Labute approximate surface area is 140 Å². The summed E-state index contributed by atoms with van der Waals surface area (Å²) in [7, 11) is 0. The average Bonchev–Trinajstić information content (AvgIpc) is 3.28. The molecule has 5 rings (SSSR count).